The Morgan fingerprint density at radius 2 is 2.15 bits per heavy atom. The van der Waals surface area contributed by atoms with Gasteiger partial charge in [-0.1, -0.05) is 30.7 Å². The van der Waals surface area contributed by atoms with Crippen LogP contribution < -0.4 is 10.1 Å². The van der Waals surface area contributed by atoms with Crippen molar-refractivity contribution in [3.63, 3.8) is 0 Å². The molecule has 0 aliphatic carbocycles. The zero-order valence-corrected chi connectivity index (χ0v) is 12.0. The van der Waals surface area contributed by atoms with E-state index in [-0.39, 0.29) is 10.8 Å². The van der Waals surface area contributed by atoms with Crippen LogP contribution in [0.25, 0.3) is 0 Å². The number of halogens is 2. The molecule has 0 aliphatic heterocycles. The molecule has 0 amide bonds. The molecule has 2 rings (SSSR count). The van der Waals surface area contributed by atoms with Gasteiger partial charge >= 0.3 is 0 Å². The number of nitrogens with one attached hydrogen (secondary N) is 1. The summed E-state index contributed by atoms with van der Waals surface area (Å²) in [5.74, 6) is -0.113. The fourth-order valence-electron chi connectivity index (χ4n) is 1.72. The van der Waals surface area contributed by atoms with Gasteiger partial charge in [0.15, 0.2) is 11.6 Å². The fourth-order valence-corrected chi connectivity index (χ4v) is 1.88. The predicted octanol–water partition coefficient (Wildman–Crippen LogP) is 4.17. The fraction of sp³-hybridized carbons (Fsp3) is 0.267. The lowest BCUT2D eigenvalue weighted by Crippen LogP contribution is -2.14. The first kappa shape index (κ1) is 14.8. The molecule has 0 fully saturated rings. The third-order valence-corrected chi connectivity index (χ3v) is 3.01. The molecule has 0 saturated heterocycles. The Labute approximate surface area is 122 Å². The van der Waals surface area contributed by atoms with Crippen LogP contribution in [-0.4, -0.2) is 11.5 Å². The molecule has 1 aromatic carbocycles. The maximum Gasteiger partial charge on any atom is 0.223 e. The molecule has 2 aromatic rings. The highest BCUT2D eigenvalue weighted by Gasteiger charge is 2.11. The van der Waals surface area contributed by atoms with Gasteiger partial charge in [0.2, 0.25) is 5.88 Å². The second-order valence-electron chi connectivity index (χ2n) is 4.30. The van der Waals surface area contributed by atoms with E-state index in [0.717, 1.165) is 18.5 Å². The van der Waals surface area contributed by atoms with Gasteiger partial charge in [0.25, 0.3) is 0 Å². The molecule has 0 bridgehead atoms. The molecule has 106 valence electrons. The summed E-state index contributed by atoms with van der Waals surface area (Å²) in [4.78, 5) is 4.15. The molecule has 0 unspecified atom stereocenters. The Morgan fingerprint density at radius 1 is 1.30 bits per heavy atom. The van der Waals surface area contributed by atoms with E-state index >= 15 is 0 Å². The van der Waals surface area contributed by atoms with E-state index in [1.807, 2.05) is 12.1 Å². The normalized spacial score (nSPS) is 10.6. The van der Waals surface area contributed by atoms with E-state index < -0.39 is 5.82 Å². The molecule has 20 heavy (non-hydrogen) atoms. The summed E-state index contributed by atoms with van der Waals surface area (Å²) in [6.07, 6.45) is 2.65. The summed E-state index contributed by atoms with van der Waals surface area (Å²) in [7, 11) is 0. The maximum atomic E-state index is 13.8. The van der Waals surface area contributed by atoms with Crippen molar-refractivity contribution in [2.45, 2.75) is 19.9 Å². The summed E-state index contributed by atoms with van der Waals surface area (Å²) in [5, 5.41) is 3.30. The average molecular weight is 295 g/mol. The van der Waals surface area contributed by atoms with Gasteiger partial charge in [0, 0.05) is 18.3 Å². The Kier molecular flexibility index (Phi) is 5.32. The van der Waals surface area contributed by atoms with Crippen LogP contribution in [0.3, 0.4) is 0 Å². The first-order valence-electron chi connectivity index (χ1n) is 6.49. The van der Waals surface area contributed by atoms with Crippen molar-refractivity contribution in [2.24, 2.45) is 0 Å². The highest BCUT2D eigenvalue weighted by atomic mass is 35.5. The molecule has 5 heteroatoms. The Bertz CT molecular complexity index is 578. The first-order valence-corrected chi connectivity index (χ1v) is 6.86. The summed E-state index contributed by atoms with van der Waals surface area (Å²) in [5.41, 5.74) is 0.875. The van der Waals surface area contributed by atoms with Crippen LogP contribution in [0.4, 0.5) is 4.39 Å². The topological polar surface area (TPSA) is 34.2 Å². The third kappa shape index (κ3) is 3.68. The van der Waals surface area contributed by atoms with Crippen molar-refractivity contribution in [1.29, 1.82) is 0 Å². The highest BCUT2D eigenvalue weighted by Crippen LogP contribution is 2.29. The molecular formula is C15H16ClFN2O. The second-order valence-corrected chi connectivity index (χ2v) is 4.71. The van der Waals surface area contributed by atoms with Gasteiger partial charge in [-0.2, -0.15) is 0 Å². The highest BCUT2D eigenvalue weighted by molar-refractivity contribution is 6.30. The standard InChI is InChI=1S/C15H16ClFN2O/c1-2-8-18-10-11-5-4-9-19-15(11)20-13-7-3-6-12(16)14(13)17/h3-7,9,18H,2,8,10H2,1H3. The van der Waals surface area contributed by atoms with E-state index in [0.29, 0.717) is 12.4 Å². The van der Waals surface area contributed by atoms with Crippen molar-refractivity contribution in [2.75, 3.05) is 6.54 Å². The number of hydrogen-bond acceptors (Lipinski definition) is 3. The second kappa shape index (κ2) is 7.22. The van der Waals surface area contributed by atoms with E-state index in [9.17, 15) is 4.39 Å². The number of benzene rings is 1. The maximum absolute atomic E-state index is 13.8. The van der Waals surface area contributed by atoms with Crippen LogP contribution in [0.1, 0.15) is 18.9 Å². The van der Waals surface area contributed by atoms with Crippen LogP contribution >= 0.6 is 11.6 Å². The van der Waals surface area contributed by atoms with Crippen LogP contribution in [0.2, 0.25) is 5.02 Å². The molecule has 0 atom stereocenters. The van der Waals surface area contributed by atoms with Crippen molar-refractivity contribution >= 4 is 11.6 Å². The molecular weight excluding hydrogens is 279 g/mol. The van der Waals surface area contributed by atoms with Crippen LogP contribution in [0.15, 0.2) is 36.5 Å². The monoisotopic (exact) mass is 294 g/mol. The van der Waals surface area contributed by atoms with Gasteiger partial charge in [-0.15, -0.1) is 0 Å². The lowest BCUT2D eigenvalue weighted by atomic mass is 10.2. The molecule has 0 aliphatic rings. The smallest absolute Gasteiger partial charge is 0.223 e. The number of aromatic nitrogens is 1. The molecule has 0 radical (unpaired) electrons. The van der Waals surface area contributed by atoms with Gasteiger partial charge in [0.05, 0.1) is 5.02 Å². The molecule has 1 heterocycles. The van der Waals surface area contributed by atoms with E-state index in [2.05, 4.69) is 17.2 Å². The zero-order chi connectivity index (χ0) is 14.4. The van der Waals surface area contributed by atoms with Crippen molar-refractivity contribution < 1.29 is 9.13 Å². The lowest BCUT2D eigenvalue weighted by Gasteiger charge is -2.11. The molecule has 3 nitrogen and oxygen atoms in total. The number of nitrogens with zero attached hydrogens (tertiary/aromatic N) is 1. The van der Waals surface area contributed by atoms with Crippen LogP contribution in [0.5, 0.6) is 11.6 Å². The zero-order valence-electron chi connectivity index (χ0n) is 11.2. The largest absolute Gasteiger partial charge is 0.436 e. The quantitative estimate of drug-likeness (QED) is 0.812. The lowest BCUT2D eigenvalue weighted by molar-refractivity contribution is 0.420. The number of rotatable bonds is 6. The Balaban J connectivity index is 2.18. The summed E-state index contributed by atoms with van der Waals surface area (Å²) >= 11 is 5.73. The molecule has 1 aromatic heterocycles. The minimum Gasteiger partial charge on any atom is -0.436 e. The van der Waals surface area contributed by atoms with Gasteiger partial charge in [-0.05, 0) is 31.2 Å². The van der Waals surface area contributed by atoms with Crippen LogP contribution in [-0.2, 0) is 6.54 Å². The summed E-state index contributed by atoms with van der Waals surface area (Å²) < 4.78 is 19.4. The van der Waals surface area contributed by atoms with E-state index in [1.54, 1.807) is 12.3 Å². The van der Waals surface area contributed by atoms with Gasteiger partial charge in [0.1, 0.15) is 0 Å². The summed E-state index contributed by atoms with van der Waals surface area (Å²) in [6.45, 7) is 3.62. The third-order valence-electron chi connectivity index (χ3n) is 2.71. The van der Waals surface area contributed by atoms with Crippen LogP contribution in [0, 0.1) is 5.82 Å². The molecule has 0 spiro atoms. The SMILES string of the molecule is CCCNCc1cccnc1Oc1cccc(Cl)c1F. The minimum atomic E-state index is -0.577. The predicted molar refractivity (Wildman–Crippen MR) is 77.7 cm³/mol. The van der Waals surface area contributed by atoms with E-state index in [4.69, 9.17) is 16.3 Å². The van der Waals surface area contributed by atoms with Crippen molar-refractivity contribution in [1.82, 2.24) is 10.3 Å². The molecule has 1 N–H and O–H groups in total. The first-order chi connectivity index (χ1) is 9.72. The number of pyridine rings is 1. The van der Waals surface area contributed by atoms with Gasteiger partial charge in [-0.3, -0.25) is 0 Å². The van der Waals surface area contributed by atoms with Gasteiger partial charge in [-0.25, -0.2) is 9.37 Å². The minimum absolute atomic E-state index is 0.0316. The average Bonchev–Trinajstić information content (AvgIpc) is 2.46. The number of hydrogen-bond donors (Lipinski definition) is 1. The number of ether oxygens (including phenoxy) is 1. The van der Waals surface area contributed by atoms with Gasteiger partial charge < -0.3 is 10.1 Å². The van der Waals surface area contributed by atoms with Crippen molar-refractivity contribution in [3.8, 4) is 11.6 Å². The summed E-state index contributed by atoms with van der Waals surface area (Å²) in [6, 6.07) is 8.36. The Morgan fingerprint density at radius 3 is 2.95 bits per heavy atom. The van der Waals surface area contributed by atoms with Crippen molar-refractivity contribution in [3.05, 3.63) is 52.9 Å². The Hall–Kier alpha value is -1.65. The van der Waals surface area contributed by atoms with E-state index in [1.165, 1.54) is 12.1 Å². The molecule has 0 saturated carbocycles.